The summed E-state index contributed by atoms with van der Waals surface area (Å²) < 4.78 is 4.25. The van der Waals surface area contributed by atoms with Gasteiger partial charge >= 0.3 is 21.1 Å². The molecule has 0 aliphatic heterocycles. The number of benzene rings is 4. The van der Waals surface area contributed by atoms with E-state index in [1.54, 1.807) is 0 Å². The number of rotatable bonds is 2. The third-order valence-corrected chi connectivity index (χ3v) is 9.19. The van der Waals surface area contributed by atoms with Crippen molar-refractivity contribution in [1.82, 2.24) is 19.2 Å². The van der Waals surface area contributed by atoms with Crippen LogP contribution in [0.2, 0.25) is 0 Å². The monoisotopic (exact) mass is 709 g/mol. The number of nitrogens with zero attached hydrogens (tertiary/aromatic N) is 4. The Morgan fingerprint density at radius 2 is 0.976 bits per heavy atom. The van der Waals surface area contributed by atoms with Crippen molar-refractivity contribution in [2.75, 3.05) is 0 Å². The molecule has 1 aliphatic rings. The van der Waals surface area contributed by atoms with Gasteiger partial charge in [0.1, 0.15) is 0 Å². The van der Waals surface area contributed by atoms with Crippen LogP contribution in [0.25, 0.3) is 54.4 Å². The predicted octanol–water partition coefficient (Wildman–Crippen LogP) is 8.44. The number of hydrogen-bond acceptors (Lipinski definition) is 2. The zero-order chi connectivity index (χ0) is 26.3. The van der Waals surface area contributed by atoms with Crippen LogP contribution in [-0.2, 0) is 26.5 Å². The summed E-state index contributed by atoms with van der Waals surface area (Å²) in [6.07, 6.45) is 5.67. The van der Waals surface area contributed by atoms with Gasteiger partial charge in [0.25, 0.3) is 0 Å². The van der Waals surface area contributed by atoms with E-state index in [9.17, 15) is 0 Å². The summed E-state index contributed by atoms with van der Waals surface area (Å²) in [6.45, 7) is 0. The van der Waals surface area contributed by atoms with Crippen molar-refractivity contribution in [2.24, 2.45) is 0 Å². The average Bonchev–Trinajstić information content (AvgIpc) is 3.69. The van der Waals surface area contributed by atoms with Gasteiger partial charge in [0.2, 0.25) is 0 Å². The van der Waals surface area contributed by atoms with Crippen LogP contribution in [0.5, 0.6) is 0 Å². The second kappa shape index (κ2) is 9.26. The van der Waals surface area contributed by atoms with Crippen molar-refractivity contribution in [3.8, 4) is 0 Å². The Kier molecular flexibility index (Phi) is 5.59. The smallest absolute Gasteiger partial charge is 0.257 e. The molecular formula is C36H26N4Pt. The van der Waals surface area contributed by atoms with E-state index in [1.807, 2.05) is 12.1 Å². The SMILES string of the molecule is [Pt+2].[c-]1cccc2c3ccccc3c3cc(C4(c5cc6c7ccccc7c7ccc[c-]c7n6n5)CCCCC4)nn3c12. The topological polar surface area (TPSA) is 34.6 Å². The van der Waals surface area contributed by atoms with E-state index in [0.29, 0.717) is 0 Å². The summed E-state index contributed by atoms with van der Waals surface area (Å²) >= 11 is 0. The van der Waals surface area contributed by atoms with Crippen LogP contribution < -0.4 is 0 Å². The number of para-hydroxylation sites is 2. The molecule has 0 radical (unpaired) electrons. The minimum atomic E-state index is -0.249. The first-order valence-corrected chi connectivity index (χ1v) is 14.2. The summed E-state index contributed by atoms with van der Waals surface area (Å²) in [4.78, 5) is 0. The van der Waals surface area contributed by atoms with Gasteiger partial charge < -0.3 is 0 Å². The van der Waals surface area contributed by atoms with Crippen molar-refractivity contribution >= 4 is 54.4 Å². The Hall–Kier alpha value is -4.01. The van der Waals surface area contributed by atoms with Crippen LogP contribution in [0.3, 0.4) is 0 Å². The maximum atomic E-state index is 5.39. The molecule has 1 fully saturated rings. The summed E-state index contributed by atoms with van der Waals surface area (Å²) in [7, 11) is 0. The predicted molar refractivity (Wildman–Crippen MR) is 162 cm³/mol. The molecule has 4 nitrogen and oxygen atoms in total. The number of aromatic nitrogens is 4. The molecule has 8 aromatic rings. The molecule has 0 spiro atoms. The largest absolute Gasteiger partial charge is 2.00 e. The Balaban J connectivity index is 0.00000256. The van der Waals surface area contributed by atoms with Crippen molar-refractivity contribution in [2.45, 2.75) is 37.5 Å². The van der Waals surface area contributed by atoms with E-state index in [1.165, 1.54) is 51.6 Å². The molecular weight excluding hydrogens is 684 g/mol. The maximum Gasteiger partial charge on any atom is 2.00 e. The quantitative estimate of drug-likeness (QED) is 0.134. The van der Waals surface area contributed by atoms with Gasteiger partial charge in [0.15, 0.2) is 0 Å². The summed E-state index contributed by atoms with van der Waals surface area (Å²) in [5, 5.41) is 18.1. The number of hydrogen-bond donors (Lipinski definition) is 0. The van der Waals surface area contributed by atoms with Gasteiger partial charge in [-0.3, -0.25) is 9.03 Å². The van der Waals surface area contributed by atoms with Crippen LogP contribution in [-0.4, -0.2) is 19.2 Å². The molecule has 0 saturated heterocycles. The van der Waals surface area contributed by atoms with Crippen LogP contribution in [0.15, 0.2) is 97.1 Å². The van der Waals surface area contributed by atoms with Gasteiger partial charge in [-0.25, -0.2) is 0 Å². The van der Waals surface area contributed by atoms with Gasteiger partial charge in [0, 0.05) is 0 Å². The fourth-order valence-electron chi connectivity index (χ4n) is 7.28. The molecule has 0 atom stereocenters. The maximum absolute atomic E-state index is 5.39. The van der Waals surface area contributed by atoms with Crippen molar-refractivity contribution in [1.29, 1.82) is 0 Å². The van der Waals surface area contributed by atoms with Gasteiger partial charge in [0.05, 0.1) is 27.8 Å². The molecule has 0 amide bonds. The van der Waals surface area contributed by atoms with E-state index in [0.717, 1.165) is 46.3 Å². The molecule has 1 saturated carbocycles. The molecule has 4 heterocycles. The summed E-state index contributed by atoms with van der Waals surface area (Å²) in [6, 6.07) is 41.5. The molecule has 0 bridgehead atoms. The van der Waals surface area contributed by atoms with Gasteiger partial charge in [-0.1, -0.05) is 78.6 Å². The van der Waals surface area contributed by atoms with E-state index in [-0.39, 0.29) is 26.5 Å². The molecule has 4 aromatic heterocycles. The van der Waals surface area contributed by atoms with E-state index in [4.69, 9.17) is 10.2 Å². The van der Waals surface area contributed by atoms with Gasteiger partial charge in [-0.05, 0) is 46.8 Å². The van der Waals surface area contributed by atoms with Crippen LogP contribution in [0.4, 0.5) is 0 Å². The first-order valence-electron chi connectivity index (χ1n) is 14.2. The normalized spacial score (nSPS) is 15.3. The van der Waals surface area contributed by atoms with Gasteiger partial charge in [-0.15, -0.1) is 10.8 Å². The van der Waals surface area contributed by atoms with Crippen molar-refractivity contribution in [3.05, 3.63) is 121 Å². The number of pyridine rings is 2. The minimum absolute atomic E-state index is 0. The van der Waals surface area contributed by atoms with Crippen LogP contribution in [0.1, 0.15) is 43.5 Å². The molecule has 5 heteroatoms. The van der Waals surface area contributed by atoms with E-state index < -0.39 is 0 Å². The molecule has 0 unspecified atom stereocenters. The first kappa shape index (κ1) is 24.8. The summed E-state index contributed by atoms with van der Waals surface area (Å²) in [5.74, 6) is 0. The molecule has 200 valence electrons. The average molecular weight is 710 g/mol. The minimum Gasteiger partial charge on any atom is -0.257 e. The Morgan fingerprint density at radius 1 is 0.537 bits per heavy atom. The second-order valence-electron chi connectivity index (χ2n) is 11.3. The summed E-state index contributed by atoms with van der Waals surface area (Å²) in [5.41, 5.74) is 6.30. The fourth-order valence-corrected chi connectivity index (χ4v) is 7.28. The molecule has 41 heavy (non-hydrogen) atoms. The number of fused-ring (bicyclic) bond motifs is 12. The molecule has 1 aliphatic carbocycles. The van der Waals surface area contributed by atoms with E-state index in [2.05, 4.69) is 106 Å². The van der Waals surface area contributed by atoms with Crippen LogP contribution >= 0.6 is 0 Å². The first-order chi connectivity index (χ1) is 19.8. The van der Waals surface area contributed by atoms with Crippen LogP contribution in [0, 0.1) is 12.1 Å². The molecule has 0 N–H and O–H groups in total. The van der Waals surface area contributed by atoms with Crippen molar-refractivity contribution in [3.63, 3.8) is 0 Å². The molecule has 9 rings (SSSR count). The van der Waals surface area contributed by atoms with Gasteiger partial charge in [-0.2, -0.15) is 58.7 Å². The Morgan fingerprint density at radius 3 is 1.46 bits per heavy atom. The molecule has 4 aromatic carbocycles. The zero-order valence-electron chi connectivity index (χ0n) is 22.4. The standard InChI is InChI=1S/C36H26N4.Pt/c1-10-20-36(21-11-1,34-22-32-28-16-4-2-12-24(28)26-14-6-8-18-30(26)39(32)37-34)35-23-33-29-17-5-3-13-25(29)27-15-7-9-19-31(27)40(33)38-35;/h2-9,12-17,22-23H,1,10-11,20-21H2;/q-2;+2. The Bertz CT molecular complexity index is 1970. The Labute approximate surface area is 251 Å². The zero-order valence-corrected chi connectivity index (χ0v) is 24.7. The third kappa shape index (κ3) is 3.44. The van der Waals surface area contributed by atoms with Crippen molar-refractivity contribution < 1.29 is 21.1 Å². The van der Waals surface area contributed by atoms with E-state index >= 15 is 0 Å². The third-order valence-electron chi connectivity index (χ3n) is 9.19. The fraction of sp³-hybridized carbons (Fsp3) is 0.167. The second-order valence-corrected chi connectivity index (χ2v) is 11.3.